The molecule has 2 aromatic rings. The van der Waals surface area contributed by atoms with Gasteiger partial charge in [-0.3, -0.25) is 4.98 Å². The van der Waals surface area contributed by atoms with Gasteiger partial charge in [0, 0.05) is 24.4 Å². The van der Waals surface area contributed by atoms with Gasteiger partial charge in [-0.05, 0) is 36.6 Å². The van der Waals surface area contributed by atoms with Crippen LogP contribution in [0.1, 0.15) is 43.1 Å². The SMILES string of the molecule is CCCNC(Cc1ccc(CC)cn1)c1ccccc1. The molecule has 2 heteroatoms. The molecule has 0 radical (unpaired) electrons. The summed E-state index contributed by atoms with van der Waals surface area (Å²) in [4.78, 5) is 4.58. The van der Waals surface area contributed by atoms with E-state index < -0.39 is 0 Å². The molecule has 0 aliphatic carbocycles. The van der Waals surface area contributed by atoms with Crippen LogP contribution in [0.25, 0.3) is 0 Å². The lowest BCUT2D eigenvalue weighted by atomic mass is 10.0. The van der Waals surface area contributed by atoms with Crippen molar-refractivity contribution in [3.63, 3.8) is 0 Å². The molecule has 1 heterocycles. The first-order valence-corrected chi connectivity index (χ1v) is 7.55. The summed E-state index contributed by atoms with van der Waals surface area (Å²) in [6, 6.07) is 15.3. The summed E-state index contributed by atoms with van der Waals surface area (Å²) < 4.78 is 0. The van der Waals surface area contributed by atoms with E-state index in [0.29, 0.717) is 6.04 Å². The zero-order chi connectivity index (χ0) is 14.2. The fourth-order valence-corrected chi connectivity index (χ4v) is 2.31. The zero-order valence-corrected chi connectivity index (χ0v) is 12.5. The monoisotopic (exact) mass is 268 g/mol. The number of hydrogen-bond donors (Lipinski definition) is 1. The Hall–Kier alpha value is -1.67. The van der Waals surface area contributed by atoms with Crippen molar-refractivity contribution in [1.82, 2.24) is 10.3 Å². The van der Waals surface area contributed by atoms with Crippen molar-refractivity contribution in [1.29, 1.82) is 0 Å². The van der Waals surface area contributed by atoms with Gasteiger partial charge >= 0.3 is 0 Å². The molecule has 1 atom stereocenters. The molecular weight excluding hydrogens is 244 g/mol. The first kappa shape index (κ1) is 14.7. The van der Waals surface area contributed by atoms with Crippen LogP contribution in [0.2, 0.25) is 0 Å². The smallest absolute Gasteiger partial charge is 0.0422 e. The predicted octanol–water partition coefficient (Wildman–Crippen LogP) is 3.93. The van der Waals surface area contributed by atoms with Crippen LogP contribution in [0.5, 0.6) is 0 Å². The van der Waals surface area contributed by atoms with E-state index in [9.17, 15) is 0 Å². The fraction of sp³-hybridized carbons (Fsp3) is 0.389. The fourth-order valence-electron chi connectivity index (χ4n) is 2.31. The maximum atomic E-state index is 4.58. The van der Waals surface area contributed by atoms with E-state index in [1.807, 2.05) is 6.20 Å². The Balaban J connectivity index is 2.10. The number of aryl methyl sites for hydroxylation is 1. The molecule has 106 valence electrons. The molecule has 0 fully saturated rings. The summed E-state index contributed by atoms with van der Waals surface area (Å²) in [6.45, 7) is 5.39. The van der Waals surface area contributed by atoms with Gasteiger partial charge in [0.05, 0.1) is 0 Å². The third kappa shape index (κ3) is 4.17. The molecular formula is C18H24N2. The summed E-state index contributed by atoms with van der Waals surface area (Å²) in [6.07, 6.45) is 5.13. The van der Waals surface area contributed by atoms with E-state index in [2.05, 4.69) is 66.6 Å². The van der Waals surface area contributed by atoms with Crippen LogP contribution in [-0.4, -0.2) is 11.5 Å². The van der Waals surface area contributed by atoms with E-state index in [-0.39, 0.29) is 0 Å². The summed E-state index contributed by atoms with van der Waals surface area (Å²) in [5, 5.41) is 3.62. The number of hydrogen-bond acceptors (Lipinski definition) is 2. The number of nitrogens with one attached hydrogen (secondary N) is 1. The van der Waals surface area contributed by atoms with E-state index in [1.165, 1.54) is 11.1 Å². The van der Waals surface area contributed by atoms with Crippen molar-refractivity contribution in [2.45, 2.75) is 39.2 Å². The molecule has 1 aromatic carbocycles. The molecule has 0 aliphatic heterocycles. The summed E-state index contributed by atoms with van der Waals surface area (Å²) >= 11 is 0. The van der Waals surface area contributed by atoms with Crippen molar-refractivity contribution in [3.8, 4) is 0 Å². The van der Waals surface area contributed by atoms with Gasteiger partial charge in [0.25, 0.3) is 0 Å². The molecule has 1 N–H and O–H groups in total. The lowest BCUT2D eigenvalue weighted by Crippen LogP contribution is -2.24. The summed E-state index contributed by atoms with van der Waals surface area (Å²) in [7, 11) is 0. The third-order valence-electron chi connectivity index (χ3n) is 3.55. The van der Waals surface area contributed by atoms with Crippen molar-refractivity contribution in [2.24, 2.45) is 0 Å². The van der Waals surface area contributed by atoms with Gasteiger partial charge in [0.2, 0.25) is 0 Å². The molecule has 2 nitrogen and oxygen atoms in total. The van der Waals surface area contributed by atoms with E-state index in [4.69, 9.17) is 0 Å². The Morgan fingerprint density at radius 3 is 2.45 bits per heavy atom. The number of pyridine rings is 1. The van der Waals surface area contributed by atoms with E-state index in [0.717, 1.165) is 31.5 Å². The van der Waals surface area contributed by atoms with Crippen LogP contribution in [-0.2, 0) is 12.8 Å². The Labute approximate surface area is 122 Å². The topological polar surface area (TPSA) is 24.9 Å². The van der Waals surface area contributed by atoms with Crippen LogP contribution >= 0.6 is 0 Å². The second kappa shape index (κ2) is 7.81. The van der Waals surface area contributed by atoms with Crippen LogP contribution in [0, 0.1) is 0 Å². The highest BCUT2D eigenvalue weighted by Gasteiger charge is 2.11. The number of benzene rings is 1. The van der Waals surface area contributed by atoms with Gasteiger partial charge in [-0.15, -0.1) is 0 Å². The molecule has 0 spiro atoms. The van der Waals surface area contributed by atoms with Crippen molar-refractivity contribution in [3.05, 3.63) is 65.5 Å². The number of nitrogens with zero attached hydrogens (tertiary/aromatic N) is 1. The minimum Gasteiger partial charge on any atom is -0.310 e. The molecule has 20 heavy (non-hydrogen) atoms. The Morgan fingerprint density at radius 1 is 1.05 bits per heavy atom. The Bertz CT molecular complexity index is 491. The van der Waals surface area contributed by atoms with Crippen LogP contribution in [0.15, 0.2) is 48.7 Å². The highest BCUT2D eigenvalue weighted by Crippen LogP contribution is 2.17. The highest BCUT2D eigenvalue weighted by atomic mass is 14.9. The molecule has 0 saturated carbocycles. The second-order valence-electron chi connectivity index (χ2n) is 5.13. The maximum absolute atomic E-state index is 4.58. The second-order valence-corrected chi connectivity index (χ2v) is 5.13. The lowest BCUT2D eigenvalue weighted by Gasteiger charge is -2.18. The van der Waals surface area contributed by atoms with Crippen LogP contribution < -0.4 is 5.32 Å². The van der Waals surface area contributed by atoms with Crippen LogP contribution in [0.3, 0.4) is 0 Å². The molecule has 0 aliphatic rings. The number of aromatic nitrogens is 1. The van der Waals surface area contributed by atoms with Gasteiger partial charge < -0.3 is 5.32 Å². The molecule has 0 amide bonds. The third-order valence-corrected chi connectivity index (χ3v) is 3.55. The first-order chi connectivity index (χ1) is 9.83. The van der Waals surface area contributed by atoms with Crippen LogP contribution in [0.4, 0.5) is 0 Å². The van der Waals surface area contributed by atoms with Crippen molar-refractivity contribution < 1.29 is 0 Å². The molecule has 1 unspecified atom stereocenters. The molecule has 0 bridgehead atoms. The van der Waals surface area contributed by atoms with Crippen molar-refractivity contribution >= 4 is 0 Å². The zero-order valence-electron chi connectivity index (χ0n) is 12.5. The predicted molar refractivity (Wildman–Crippen MR) is 84.8 cm³/mol. The van der Waals surface area contributed by atoms with E-state index >= 15 is 0 Å². The van der Waals surface area contributed by atoms with E-state index in [1.54, 1.807) is 0 Å². The first-order valence-electron chi connectivity index (χ1n) is 7.55. The van der Waals surface area contributed by atoms with Gasteiger partial charge in [-0.1, -0.05) is 50.2 Å². The minimum atomic E-state index is 0.344. The van der Waals surface area contributed by atoms with Gasteiger partial charge in [0.1, 0.15) is 0 Å². The Kier molecular flexibility index (Phi) is 5.75. The number of rotatable bonds is 7. The summed E-state index contributed by atoms with van der Waals surface area (Å²) in [5.74, 6) is 0. The lowest BCUT2D eigenvalue weighted by molar-refractivity contribution is 0.524. The van der Waals surface area contributed by atoms with Gasteiger partial charge in [-0.25, -0.2) is 0 Å². The van der Waals surface area contributed by atoms with Gasteiger partial charge in [-0.2, -0.15) is 0 Å². The van der Waals surface area contributed by atoms with Gasteiger partial charge in [0.15, 0.2) is 0 Å². The quantitative estimate of drug-likeness (QED) is 0.823. The largest absolute Gasteiger partial charge is 0.310 e. The summed E-state index contributed by atoms with van der Waals surface area (Å²) in [5.41, 5.74) is 3.79. The highest BCUT2D eigenvalue weighted by molar-refractivity contribution is 5.22. The minimum absolute atomic E-state index is 0.344. The average Bonchev–Trinajstić information content (AvgIpc) is 2.53. The van der Waals surface area contributed by atoms with Crippen molar-refractivity contribution in [2.75, 3.05) is 6.54 Å². The molecule has 0 saturated heterocycles. The molecule has 2 rings (SSSR count). The maximum Gasteiger partial charge on any atom is 0.0422 e. The Morgan fingerprint density at radius 2 is 1.85 bits per heavy atom. The molecule has 1 aromatic heterocycles. The standard InChI is InChI=1S/C18H24N2/c1-3-12-19-18(16-8-6-5-7-9-16)13-17-11-10-15(4-2)14-20-17/h5-11,14,18-19H,3-4,12-13H2,1-2H3. The average molecular weight is 268 g/mol. The normalized spacial score (nSPS) is 12.3.